The van der Waals surface area contributed by atoms with Crippen LogP contribution in [0.4, 0.5) is 0 Å². The van der Waals surface area contributed by atoms with Crippen molar-refractivity contribution >= 4 is 16.8 Å². The second kappa shape index (κ2) is 7.87. The molecular weight excluding hydrogens is 260 g/mol. The third-order valence-electron chi connectivity index (χ3n) is 3.92. The van der Waals surface area contributed by atoms with Crippen LogP contribution >= 0.6 is 0 Å². The molecule has 1 unspecified atom stereocenters. The van der Waals surface area contributed by atoms with E-state index in [2.05, 4.69) is 48.5 Å². The lowest BCUT2D eigenvalue weighted by atomic mass is 10.1. The van der Waals surface area contributed by atoms with E-state index in [-0.39, 0.29) is 5.91 Å². The Kier molecular flexibility index (Phi) is 5.85. The number of carbonyl (C=O) groups is 1. The maximum Gasteiger partial charge on any atom is 0.220 e. The zero-order valence-corrected chi connectivity index (χ0v) is 13.1. The van der Waals surface area contributed by atoms with Crippen molar-refractivity contribution in [1.29, 1.82) is 0 Å². The highest BCUT2D eigenvalue weighted by Gasteiger charge is 2.08. The van der Waals surface area contributed by atoms with E-state index >= 15 is 0 Å². The summed E-state index contributed by atoms with van der Waals surface area (Å²) in [6, 6.07) is 8.61. The predicted octanol–water partition coefficient (Wildman–Crippen LogP) is 4.19. The monoisotopic (exact) mass is 286 g/mol. The predicted molar refractivity (Wildman–Crippen MR) is 88.4 cm³/mol. The molecule has 0 aliphatic rings. The van der Waals surface area contributed by atoms with Gasteiger partial charge >= 0.3 is 0 Å². The fourth-order valence-corrected chi connectivity index (χ4v) is 2.71. The largest absolute Gasteiger partial charge is 0.361 e. The summed E-state index contributed by atoms with van der Waals surface area (Å²) in [4.78, 5) is 15.2. The van der Waals surface area contributed by atoms with Crippen molar-refractivity contribution in [3.05, 3.63) is 36.0 Å². The summed E-state index contributed by atoms with van der Waals surface area (Å²) in [5.74, 6) is 0.179. The molecule has 2 aromatic rings. The highest BCUT2D eigenvalue weighted by atomic mass is 16.1. The average Bonchev–Trinajstić information content (AvgIpc) is 2.88. The molecule has 0 aliphatic heterocycles. The fourth-order valence-electron chi connectivity index (χ4n) is 2.71. The van der Waals surface area contributed by atoms with Crippen molar-refractivity contribution in [2.45, 2.75) is 58.4 Å². The Morgan fingerprint density at radius 2 is 2.10 bits per heavy atom. The van der Waals surface area contributed by atoms with Crippen LogP contribution in [0.15, 0.2) is 30.5 Å². The maximum absolute atomic E-state index is 11.9. The van der Waals surface area contributed by atoms with E-state index in [0.717, 1.165) is 19.3 Å². The zero-order chi connectivity index (χ0) is 15.1. The Balaban J connectivity index is 1.75. The summed E-state index contributed by atoms with van der Waals surface area (Å²) in [7, 11) is 0. The van der Waals surface area contributed by atoms with Gasteiger partial charge in [0.1, 0.15) is 0 Å². The number of fused-ring (bicyclic) bond motifs is 1. The molecule has 1 atom stereocenters. The minimum atomic E-state index is 0.179. The van der Waals surface area contributed by atoms with Crippen LogP contribution in [0.25, 0.3) is 10.9 Å². The number of nitrogens with one attached hydrogen (secondary N) is 2. The minimum Gasteiger partial charge on any atom is -0.361 e. The molecule has 0 fully saturated rings. The molecule has 21 heavy (non-hydrogen) atoms. The highest BCUT2D eigenvalue weighted by molar-refractivity contribution is 5.83. The first-order valence-electron chi connectivity index (χ1n) is 8.05. The Labute approximate surface area is 127 Å². The van der Waals surface area contributed by atoms with Gasteiger partial charge < -0.3 is 10.3 Å². The average molecular weight is 286 g/mol. The molecule has 2 N–H and O–H groups in total. The number of unbranched alkanes of at least 4 members (excludes halogenated alkanes) is 1. The number of benzene rings is 1. The van der Waals surface area contributed by atoms with E-state index in [0.29, 0.717) is 12.5 Å². The summed E-state index contributed by atoms with van der Waals surface area (Å²) < 4.78 is 0. The van der Waals surface area contributed by atoms with Crippen LogP contribution in [0.2, 0.25) is 0 Å². The normalized spacial score (nSPS) is 12.5. The van der Waals surface area contributed by atoms with E-state index in [4.69, 9.17) is 0 Å². The van der Waals surface area contributed by atoms with Crippen molar-refractivity contribution in [2.75, 3.05) is 0 Å². The van der Waals surface area contributed by atoms with Crippen LogP contribution in [-0.2, 0) is 11.2 Å². The van der Waals surface area contributed by atoms with Crippen LogP contribution in [-0.4, -0.2) is 16.9 Å². The van der Waals surface area contributed by atoms with E-state index in [1.54, 1.807) is 0 Å². The Morgan fingerprint density at radius 1 is 1.29 bits per heavy atom. The Morgan fingerprint density at radius 3 is 2.90 bits per heavy atom. The lowest BCUT2D eigenvalue weighted by Gasteiger charge is -2.13. The van der Waals surface area contributed by atoms with Gasteiger partial charge in [0.15, 0.2) is 0 Å². The first-order chi connectivity index (χ1) is 10.2. The van der Waals surface area contributed by atoms with E-state index in [9.17, 15) is 4.79 Å². The summed E-state index contributed by atoms with van der Waals surface area (Å²) >= 11 is 0. The Hall–Kier alpha value is -1.77. The van der Waals surface area contributed by atoms with Gasteiger partial charge in [-0.3, -0.25) is 4.79 Å². The number of amides is 1. The number of hydrogen-bond acceptors (Lipinski definition) is 1. The number of hydrogen-bond donors (Lipinski definition) is 2. The van der Waals surface area contributed by atoms with Crippen LogP contribution in [0.1, 0.15) is 51.5 Å². The van der Waals surface area contributed by atoms with Crippen molar-refractivity contribution in [3.8, 4) is 0 Å². The second-order valence-electron chi connectivity index (χ2n) is 5.82. The van der Waals surface area contributed by atoms with Gasteiger partial charge in [-0.2, -0.15) is 0 Å². The minimum absolute atomic E-state index is 0.179. The lowest BCUT2D eigenvalue weighted by Crippen LogP contribution is -2.32. The van der Waals surface area contributed by atoms with Gasteiger partial charge in [-0.25, -0.2) is 0 Å². The number of para-hydroxylation sites is 1. The molecule has 0 saturated carbocycles. The van der Waals surface area contributed by atoms with E-state index < -0.39 is 0 Å². The molecule has 114 valence electrons. The molecule has 3 heteroatoms. The molecule has 0 radical (unpaired) electrons. The van der Waals surface area contributed by atoms with Crippen LogP contribution in [0.3, 0.4) is 0 Å². The number of aromatic nitrogens is 1. The molecule has 1 aromatic heterocycles. The highest BCUT2D eigenvalue weighted by Crippen LogP contribution is 2.19. The first-order valence-corrected chi connectivity index (χ1v) is 8.05. The Bertz CT molecular complexity index is 573. The van der Waals surface area contributed by atoms with Gasteiger partial charge in [0.25, 0.3) is 0 Å². The molecule has 1 amide bonds. The van der Waals surface area contributed by atoms with E-state index in [1.807, 2.05) is 6.07 Å². The van der Waals surface area contributed by atoms with Crippen molar-refractivity contribution in [3.63, 3.8) is 0 Å². The molecule has 0 saturated heterocycles. The maximum atomic E-state index is 11.9. The lowest BCUT2D eigenvalue weighted by molar-refractivity contribution is -0.121. The van der Waals surface area contributed by atoms with Gasteiger partial charge in [0, 0.05) is 29.6 Å². The van der Waals surface area contributed by atoms with Crippen molar-refractivity contribution in [2.24, 2.45) is 0 Å². The SMILES string of the molecule is CCCCC(C)NC(=O)CCCc1c[nH]c2ccccc12. The molecule has 3 nitrogen and oxygen atoms in total. The molecule has 0 aliphatic carbocycles. The van der Waals surface area contributed by atoms with Gasteiger partial charge in [-0.05, 0) is 37.8 Å². The van der Waals surface area contributed by atoms with Crippen LogP contribution in [0.5, 0.6) is 0 Å². The van der Waals surface area contributed by atoms with Gasteiger partial charge in [-0.1, -0.05) is 38.0 Å². The third-order valence-corrected chi connectivity index (χ3v) is 3.92. The first kappa shape index (κ1) is 15.6. The molecule has 0 bridgehead atoms. The molecular formula is C18H26N2O. The van der Waals surface area contributed by atoms with E-state index in [1.165, 1.54) is 29.3 Å². The molecule has 1 heterocycles. The fraction of sp³-hybridized carbons (Fsp3) is 0.500. The van der Waals surface area contributed by atoms with Crippen molar-refractivity contribution in [1.82, 2.24) is 10.3 Å². The summed E-state index contributed by atoms with van der Waals surface area (Å²) in [5, 5.41) is 4.36. The second-order valence-corrected chi connectivity index (χ2v) is 5.82. The standard InChI is InChI=1S/C18H26N2O/c1-3-4-8-14(2)20-18(21)12-7-9-15-13-19-17-11-6-5-10-16(15)17/h5-6,10-11,13-14,19H,3-4,7-9,12H2,1-2H3,(H,20,21). The molecule has 2 rings (SSSR count). The number of aromatic amines is 1. The number of carbonyl (C=O) groups excluding carboxylic acids is 1. The number of rotatable bonds is 8. The van der Waals surface area contributed by atoms with Gasteiger partial charge in [0.05, 0.1) is 0 Å². The summed E-state index contributed by atoms with van der Waals surface area (Å²) in [5.41, 5.74) is 2.47. The quantitative estimate of drug-likeness (QED) is 0.751. The van der Waals surface area contributed by atoms with Crippen molar-refractivity contribution < 1.29 is 4.79 Å². The van der Waals surface area contributed by atoms with Crippen LogP contribution < -0.4 is 5.32 Å². The van der Waals surface area contributed by atoms with Crippen LogP contribution in [0, 0.1) is 0 Å². The molecule has 1 aromatic carbocycles. The smallest absolute Gasteiger partial charge is 0.220 e. The zero-order valence-electron chi connectivity index (χ0n) is 13.1. The van der Waals surface area contributed by atoms with Gasteiger partial charge in [0.2, 0.25) is 5.91 Å². The third kappa shape index (κ3) is 4.62. The van der Waals surface area contributed by atoms with Gasteiger partial charge in [-0.15, -0.1) is 0 Å². The summed E-state index contributed by atoms with van der Waals surface area (Å²) in [6.07, 6.45) is 7.94. The number of aryl methyl sites for hydroxylation is 1. The topological polar surface area (TPSA) is 44.9 Å². The number of H-pyrrole nitrogens is 1. The summed E-state index contributed by atoms with van der Waals surface area (Å²) in [6.45, 7) is 4.27. The molecule has 0 spiro atoms.